The summed E-state index contributed by atoms with van der Waals surface area (Å²) >= 11 is 3.12. The first kappa shape index (κ1) is 9.97. The van der Waals surface area contributed by atoms with Gasteiger partial charge in [-0.05, 0) is 15.9 Å². The highest BCUT2D eigenvalue weighted by Gasteiger charge is 2.18. The van der Waals surface area contributed by atoms with E-state index in [-0.39, 0.29) is 11.4 Å². The van der Waals surface area contributed by atoms with Gasteiger partial charge < -0.3 is 14.3 Å². The minimum absolute atomic E-state index is 0.127. The van der Waals surface area contributed by atoms with E-state index < -0.39 is 5.97 Å². The molecule has 0 atom stereocenters. The Labute approximate surface area is 92.8 Å². The van der Waals surface area contributed by atoms with Gasteiger partial charge >= 0.3 is 5.97 Å². The van der Waals surface area contributed by atoms with Crippen LogP contribution < -0.4 is 0 Å². The van der Waals surface area contributed by atoms with Gasteiger partial charge in [-0.25, -0.2) is 9.78 Å². The second-order valence-corrected chi connectivity index (χ2v) is 3.56. The number of halogens is 1. The number of carbonyl (C=O) groups is 1. The number of hydrogen-bond donors (Lipinski definition) is 1. The molecule has 0 aromatic carbocycles. The summed E-state index contributed by atoms with van der Waals surface area (Å²) in [5.74, 6) is -0.930. The van der Waals surface area contributed by atoms with Crippen molar-refractivity contribution >= 4 is 32.9 Å². The Morgan fingerprint density at radius 1 is 1.67 bits per heavy atom. The topological polar surface area (TPSA) is 72.6 Å². The standard InChI is InChI=1S/C9H6BrNO4/c1-14-9(13)7-8(12)4-2-6(10)15-5(4)3-11-7/h2-3,12H,1H3. The number of pyridine rings is 1. The summed E-state index contributed by atoms with van der Waals surface area (Å²) in [7, 11) is 1.22. The first-order valence-corrected chi connectivity index (χ1v) is 4.78. The first-order chi connectivity index (χ1) is 7.13. The van der Waals surface area contributed by atoms with Gasteiger partial charge in [0.15, 0.2) is 21.7 Å². The van der Waals surface area contributed by atoms with Gasteiger partial charge in [0, 0.05) is 6.07 Å². The van der Waals surface area contributed by atoms with E-state index in [0.29, 0.717) is 15.6 Å². The van der Waals surface area contributed by atoms with Gasteiger partial charge in [-0.3, -0.25) is 0 Å². The number of aromatic hydroxyl groups is 1. The van der Waals surface area contributed by atoms with Gasteiger partial charge in [0.2, 0.25) is 0 Å². The molecule has 2 rings (SSSR count). The number of nitrogens with zero attached hydrogens (tertiary/aromatic N) is 1. The van der Waals surface area contributed by atoms with Crippen molar-refractivity contribution in [2.24, 2.45) is 0 Å². The molecule has 0 aliphatic carbocycles. The molecule has 1 N–H and O–H groups in total. The molecule has 2 aromatic rings. The molecule has 0 saturated heterocycles. The lowest BCUT2D eigenvalue weighted by Gasteiger charge is -2.00. The van der Waals surface area contributed by atoms with Crippen LogP contribution in [0.15, 0.2) is 21.3 Å². The highest BCUT2D eigenvalue weighted by molar-refractivity contribution is 9.10. The maximum absolute atomic E-state index is 11.2. The zero-order valence-corrected chi connectivity index (χ0v) is 9.24. The van der Waals surface area contributed by atoms with E-state index in [9.17, 15) is 9.90 Å². The largest absolute Gasteiger partial charge is 0.505 e. The van der Waals surface area contributed by atoms with Crippen molar-refractivity contribution in [2.75, 3.05) is 7.11 Å². The molecular formula is C9H6BrNO4. The van der Waals surface area contributed by atoms with Crippen LogP contribution >= 0.6 is 15.9 Å². The highest BCUT2D eigenvalue weighted by atomic mass is 79.9. The van der Waals surface area contributed by atoms with Crippen LogP contribution in [0.1, 0.15) is 10.5 Å². The Hall–Kier alpha value is -1.56. The van der Waals surface area contributed by atoms with Crippen LogP contribution in [-0.4, -0.2) is 23.2 Å². The maximum atomic E-state index is 11.2. The number of carbonyl (C=O) groups excluding carboxylic acids is 1. The molecule has 0 radical (unpaired) electrons. The summed E-state index contributed by atoms with van der Waals surface area (Å²) < 4.78 is 10.1. The van der Waals surface area contributed by atoms with Gasteiger partial charge in [0.1, 0.15) is 0 Å². The zero-order valence-electron chi connectivity index (χ0n) is 7.65. The maximum Gasteiger partial charge on any atom is 0.360 e. The molecular weight excluding hydrogens is 266 g/mol. The normalized spacial score (nSPS) is 10.5. The Bertz CT molecular complexity index is 534. The fraction of sp³-hybridized carbons (Fsp3) is 0.111. The summed E-state index contributed by atoms with van der Waals surface area (Å²) in [5.41, 5.74) is 0.269. The molecule has 0 fully saturated rings. The first-order valence-electron chi connectivity index (χ1n) is 3.99. The van der Waals surface area contributed by atoms with E-state index in [4.69, 9.17) is 4.42 Å². The van der Waals surface area contributed by atoms with Crippen LogP contribution in [0, 0.1) is 0 Å². The third-order valence-corrected chi connectivity index (χ3v) is 2.29. The van der Waals surface area contributed by atoms with Crippen LogP contribution in [0.5, 0.6) is 5.75 Å². The fourth-order valence-corrected chi connectivity index (χ4v) is 1.62. The van der Waals surface area contributed by atoms with E-state index in [2.05, 4.69) is 25.7 Å². The molecule has 0 bridgehead atoms. The molecule has 5 nitrogen and oxygen atoms in total. The predicted molar refractivity (Wildman–Crippen MR) is 54.7 cm³/mol. The molecule has 2 heterocycles. The number of furan rings is 1. The molecule has 0 amide bonds. The molecule has 6 heteroatoms. The number of esters is 1. The van der Waals surface area contributed by atoms with Crippen LogP contribution in [0.4, 0.5) is 0 Å². The van der Waals surface area contributed by atoms with Crippen molar-refractivity contribution in [1.82, 2.24) is 4.98 Å². The molecule has 78 valence electrons. The molecule has 0 saturated carbocycles. The Kier molecular flexibility index (Phi) is 2.36. The average molecular weight is 272 g/mol. The van der Waals surface area contributed by atoms with Crippen LogP contribution in [0.2, 0.25) is 0 Å². The van der Waals surface area contributed by atoms with Crippen molar-refractivity contribution < 1.29 is 19.1 Å². The molecule has 2 aromatic heterocycles. The van der Waals surface area contributed by atoms with Gasteiger partial charge in [-0.2, -0.15) is 0 Å². The minimum Gasteiger partial charge on any atom is -0.505 e. The third-order valence-electron chi connectivity index (χ3n) is 1.90. The third kappa shape index (κ3) is 1.56. The highest BCUT2D eigenvalue weighted by Crippen LogP contribution is 2.31. The van der Waals surface area contributed by atoms with Crippen molar-refractivity contribution in [3.63, 3.8) is 0 Å². The SMILES string of the molecule is COC(=O)c1ncc2oc(Br)cc2c1O. The van der Waals surface area contributed by atoms with Crippen LogP contribution in [0.25, 0.3) is 11.0 Å². The monoisotopic (exact) mass is 271 g/mol. The zero-order chi connectivity index (χ0) is 11.0. The van der Waals surface area contributed by atoms with Crippen molar-refractivity contribution in [3.05, 3.63) is 22.6 Å². The Morgan fingerprint density at radius 3 is 3.07 bits per heavy atom. The van der Waals surface area contributed by atoms with E-state index >= 15 is 0 Å². The number of rotatable bonds is 1. The smallest absolute Gasteiger partial charge is 0.360 e. The van der Waals surface area contributed by atoms with E-state index in [1.54, 1.807) is 6.07 Å². The summed E-state index contributed by atoms with van der Waals surface area (Å²) in [4.78, 5) is 14.9. The lowest BCUT2D eigenvalue weighted by atomic mass is 10.2. The summed E-state index contributed by atoms with van der Waals surface area (Å²) in [6.45, 7) is 0. The average Bonchev–Trinajstić information content (AvgIpc) is 2.59. The summed E-state index contributed by atoms with van der Waals surface area (Å²) in [6, 6.07) is 1.55. The number of ether oxygens (including phenoxy) is 1. The second-order valence-electron chi connectivity index (χ2n) is 2.78. The van der Waals surface area contributed by atoms with Gasteiger partial charge in [0.05, 0.1) is 18.7 Å². The van der Waals surface area contributed by atoms with Gasteiger partial charge in [0.25, 0.3) is 0 Å². The van der Waals surface area contributed by atoms with E-state index in [1.165, 1.54) is 13.3 Å². The van der Waals surface area contributed by atoms with E-state index in [1.807, 2.05) is 0 Å². The lowest BCUT2D eigenvalue weighted by Crippen LogP contribution is -2.04. The van der Waals surface area contributed by atoms with Gasteiger partial charge in [-0.15, -0.1) is 0 Å². The number of hydrogen-bond acceptors (Lipinski definition) is 5. The lowest BCUT2D eigenvalue weighted by molar-refractivity contribution is 0.0591. The number of methoxy groups -OCH3 is 1. The quantitative estimate of drug-likeness (QED) is 0.804. The number of fused-ring (bicyclic) bond motifs is 1. The number of aromatic nitrogens is 1. The Balaban J connectivity index is 2.69. The Morgan fingerprint density at radius 2 is 2.40 bits per heavy atom. The van der Waals surface area contributed by atoms with Crippen LogP contribution in [0.3, 0.4) is 0 Å². The molecule has 0 spiro atoms. The van der Waals surface area contributed by atoms with Crippen molar-refractivity contribution in [3.8, 4) is 5.75 Å². The van der Waals surface area contributed by atoms with Crippen molar-refractivity contribution in [1.29, 1.82) is 0 Å². The molecule has 0 aliphatic rings. The molecule has 15 heavy (non-hydrogen) atoms. The summed E-state index contributed by atoms with van der Waals surface area (Å²) in [5, 5.41) is 10.1. The van der Waals surface area contributed by atoms with Crippen LogP contribution in [-0.2, 0) is 4.74 Å². The minimum atomic E-state index is -0.688. The molecule has 0 aliphatic heterocycles. The molecule has 0 unspecified atom stereocenters. The van der Waals surface area contributed by atoms with Crippen molar-refractivity contribution in [2.45, 2.75) is 0 Å². The fourth-order valence-electron chi connectivity index (χ4n) is 1.21. The predicted octanol–water partition coefficient (Wildman–Crippen LogP) is 2.08. The van der Waals surface area contributed by atoms with Gasteiger partial charge in [-0.1, -0.05) is 0 Å². The second kappa shape index (κ2) is 3.54. The van der Waals surface area contributed by atoms with E-state index in [0.717, 1.165) is 0 Å². The summed E-state index contributed by atoms with van der Waals surface area (Å²) in [6.07, 6.45) is 1.35.